The summed E-state index contributed by atoms with van der Waals surface area (Å²) < 4.78 is 46.7. The van der Waals surface area contributed by atoms with Gasteiger partial charge in [-0.3, -0.25) is 14.4 Å². The molecule has 0 bridgehead atoms. The van der Waals surface area contributed by atoms with Gasteiger partial charge in [-0.05, 0) is 83.5 Å². The molecular formula is C66H127NO12. The fourth-order valence-electron chi connectivity index (χ4n) is 9.65. The van der Waals surface area contributed by atoms with E-state index in [2.05, 4.69) is 46.8 Å². The molecule has 0 aliphatic rings. The molecule has 79 heavy (non-hydrogen) atoms. The minimum absolute atomic E-state index is 0.00206. The second-order valence-corrected chi connectivity index (χ2v) is 22.1. The van der Waals surface area contributed by atoms with Crippen LogP contribution in [-0.2, 0) is 52.3 Å². The maximum atomic E-state index is 14.4. The highest BCUT2D eigenvalue weighted by atomic mass is 16.6. The van der Waals surface area contributed by atoms with E-state index in [1.54, 1.807) is 0 Å². The van der Waals surface area contributed by atoms with Crippen molar-refractivity contribution in [1.29, 1.82) is 0 Å². The maximum absolute atomic E-state index is 14.4. The minimum atomic E-state index is -0.706. The Morgan fingerprint density at radius 1 is 0.367 bits per heavy atom. The van der Waals surface area contributed by atoms with E-state index in [4.69, 9.17) is 43.0 Å². The molecule has 0 radical (unpaired) electrons. The van der Waals surface area contributed by atoms with Gasteiger partial charge >= 0.3 is 11.9 Å². The maximum Gasteiger partial charge on any atom is 0.308 e. The molecule has 0 heterocycles. The highest BCUT2D eigenvalue weighted by Crippen LogP contribution is 2.22. The lowest BCUT2D eigenvalue weighted by Crippen LogP contribution is -2.45. The molecule has 0 saturated carbocycles. The Kier molecular flexibility index (Phi) is 61.7. The molecular weight excluding hydrogens is 999 g/mol. The number of carbonyl (C=O) groups excluding carboxylic acids is 3. The predicted octanol–water partition coefficient (Wildman–Crippen LogP) is 15.7. The van der Waals surface area contributed by atoms with Crippen LogP contribution in [0.15, 0.2) is 12.2 Å². The van der Waals surface area contributed by atoms with Crippen LogP contribution in [0.1, 0.15) is 272 Å². The van der Waals surface area contributed by atoms with E-state index in [1.165, 1.54) is 96.3 Å². The third-order valence-electron chi connectivity index (χ3n) is 14.7. The highest BCUT2D eigenvalue weighted by Gasteiger charge is 2.26. The SMILES string of the molecule is CCC/C=C/CCCC(CCCCCC)C(=O)OCCCCCCCOCC(OCCCCCCOC(=O)C(CCCCCC)CCCCCCCC)C(=O)N(CCCCCCCC)CCOCCOCCOCCOCCO. The van der Waals surface area contributed by atoms with Gasteiger partial charge in [0.15, 0.2) is 6.10 Å². The van der Waals surface area contributed by atoms with Crippen molar-refractivity contribution in [2.24, 2.45) is 11.8 Å². The first-order valence-electron chi connectivity index (χ1n) is 33.3. The fraction of sp³-hybridized carbons (Fsp3) is 0.924. The molecule has 0 saturated heterocycles. The monoisotopic (exact) mass is 1130 g/mol. The number of carbonyl (C=O) groups is 3. The van der Waals surface area contributed by atoms with Gasteiger partial charge in [-0.2, -0.15) is 0 Å². The third kappa shape index (κ3) is 52.4. The standard InChI is InChI=1S/C66H127NO12/c1-6-11-16-21-25-34-43-61(41-32-19-14-9-4)65(70)78-50-39-29-24-28-37-48-76-60-63(77-49-38-30-31-40-51-79-66(71)62(42-33-20-15-10-5)44-35-26-22-17-12-7-2)64(69)67(45-36-27-23-18-13-8-3)46-52-72-54-56-74-58-59-75-57-55-73-53-47-68/h16,21,61-63,68H,6-15,17-20,22-60H2,1-5H3/b21-16+. The molecule has 0 aromatic heterocycles. The number of aliphatic hydroxyl groups excluding tert-OH is 1. The van der Waals surface area contributed by atoms with Gasteiger partial charge in [-0.1, -0.05) is 201 Å². The van der Waals surface area contributed by atoms with E-state index < -0.39 is 6.10 Å². The minimum Gasteiger partial charge on any atom is -0.465 e. The number of esters is 2. The number of hydrogen-bond donors (Lipinski definition) is 1. The Morgan fingerprint density at radius 3 is 1.25 bits per heavy atom. The molecule has 0 fully saturated rings. The van der Waals surface area contributed by atoms with E-state index in [-0.39, 0.29) is 42.9 Å². The third-order valence-corrected chi connectivity index (χ3v) is 14.7. The van der Waals surface area contributed by atoms with Crippen molar-refractivity contribution in [1.82, 2.24) is 4.90 Å². The summed E-state index contributed by atoms with van der Waals surface area (Å²) in [7, 11) is 0. The predicted molar refractivity (Wildman–Crippen MR) is 325 cm³/mol. The second kappa shape index (κ2) is 63.5. The van der Waals surface area contributed by atoms with Crippen LogP contribution in [0.4, 0.5) is 0 Å². The first-order chi connectivity index (χ1) is 38.9. The molecule has 0 rings (SSSR count). The molecule has 1 N–H and O–H groups in total. The zero-order valence-corrected chi connectivity index (χ0v) is 52.2. The lowest BCUT2D eigenvalue weighted by atomic mass is 9.94. The van der Waals surface area contributed by atoms with Gasteiger partial charge in [0.1, 0.15) is 0 Å². The van der Waals surface area contributed by atoms with Crippen molar-refractivity contribution >= 4 is 17.8 Å². The lowest BCUT2D eigenvalue weighted by Gasteiger charge is -2.28. The van der Waals surface area contributed by atoms with Crippen molar-refractivity contribution in [3.8, 4) is 0 Å². The van der Waals surface area contributed by atoms with Crippen molar-refractivity contribution < 1.29 is 57.4 Å². The summed E-state index contributed by atoms with van der Waals surface area (Å²) in [4.78, 5) is 42.6. The van der Waals surface area contributed by atoms with Crippen LogP contribution in [0.5, 0.6) is 0 Å². The molecule has 468 valence electrons. The van der Waals surface area contributed by atoms with E-state index in [0.29, 0.717) is 92.4 Å². The summed E-state index contributed by atoms with van der Waals surface area (Å²) in [5.74, 6) is -0.0458. The molecule has 0 spiro atoms. The Hall–Kier alpha value is -2.13. The van der Waals surface area contributed by atoms with Gasteiger partial charge in [0.05, 0.1) is 91.1 Å². The van der Waals surface area contributed by atoms with E-state index in [0.717, 1.165) is 141 Å². The molecule has 0 aromatic carbocycles. The zero-order chi connectivity index (χ0) is 57.6. The van der Waals surface area contributed by atoms with Gasteiger partial charge in [-0.25, -0.2) is 0 Å². The Balaban J connectivity index is 5.31. The highest BCUT2D eigenvalue weighted by molar-refractivity contribution is 5.81. The normalized spacial score (nSPS) is 12.8. The van der Waals surface area contributed by atoms with Crippen molar-refractivity contribution in [3.63, 3.8) is 0 Å². The molecule has 0 aromatic rings. The van der Waals surface area contributed by atoms with Crippen LogP contribution in [0.2, 0.25) is 0 Å². The Labute approximate surface area is 486 Å². The van der Waals surface area contributed by atoms with Gasteiger partial charge in [0.2, 0.25) is 0 Å². The number of aliphatic hydroxyl groups is 1. The molecule has 1 amide bonds. The summed E-state index contributed by atoms with van der Waals surface area (Å²) in [5, 5.41) is 8.82. The van der Waals surface area contributed by atoms with E-state index in [1.807, 2.05) is 4.90 Å². The molecule has 0 aliphatic heterocycles. The number of allylic oxidation sites excluding steroid dienone is 2. The van der Waals surface area contributed by atoms with Crippen LogP contribution in [-0.4, -0.2) is 140 Å². The van der Waals surface area contributed by atoms with Crippen LogP contribution >= 0.6 is 0 Å². The average molecular weight is 1130 g/mol. The second-order valence-electron chi connectivity index (χ2n) is 22.1. The van der Waals surface area contributed by atoms with Crippen molar-refractivity contribution in [3.05, 3.63) is 12.2 Å². The molecule has 0 aliphatic carbocycles. The van der Waals surface area contributed by atoms with Gasteiger partial charge in [0.25, 0.3) is 5.91 Å². The summed E-state index contributed by atoms with van der Waals surface area (Å²) in [6.07, 6.45) is 43.7. The van der Waals surface area contributed by atoms with Gasteiger partial charge in [-0.15, -0.1) is 0 Å². The topological polar surface area (TPSA) is 149 Å². The summed E-state index contributed by atoms with van der Waals surface area (Å²) >= 11 is 0. The molecule has 3 unspecified atom stereocenters. The van der Waals surface area contributed by atoms with Crippen LogP contribution in [0.25, 0.3) is 0 Å². The average Bonchev–Trinajstić information content (AvgIpc) is 3.45. The first kappa shape index (κ1) is 76.9. The number of unbranched alkanes of at least 4 members (excludes halogenated alkanes) is 25. The van der Waals surface area contributed by atoms with Gasteiger partial charge in [0, 0.05) is 26.3 Å². The van der Waals surface area contributed by atoms with Crippen LogP contribution in [0.3, 0.4) is 0 Å². The van der Waals surface area contributed by atoms with Gasteiger partial charge < -0.3 is 47.9 Å². The molecule has 13 nitrogen and oxygen atoms in total. The number of nitrogens with zero attached hydrogens (tertiary/aromatic N) is 1. The Morgan fingerprint density at radius 2 is 0.759 bits per heavy atom. The van der Waals surface area contributed by atoms with Crippen molar-refractivity contribution in [2.75, 3.05) is 106 Å². The smallest absolute Gasteiger partial charge is 0.308 e. The largest absolute Gasteiger partial charge is 0.465 e. The molecule has 13 heteroatoms. The summed E-state index contributed by atoms with van der Waals surface area (Å²) in [5.41, 5.74) is 0. The zero-order valence-electron chi connectivity index (χ0n) is 52.2. The number of hydrogen-bond acceptors (Lipinski definition) is 12. The first-order valence-corrected chi connectivity index (χ1v) is 33.3. The number of amides is 1. The molecule has 3 atom stereocenters. The Bertz CT molecular complexity index is 1300. The number of ether oxygens (including phenoxy) is 8. The summed E-state index contributed by atoms with van der Waals surface area (Å²) in [6.45, 7) is 17.7. The van der Waals surface area contributed by atoms with E-state index >= 15 is 0 Å². The summed E-state index contributed by atoms with van der Waals surface area (Å²) in [6, 6.07) is 0. The number of rotatable bonds is 65. The fourth-order valence-corrected chi connectivity index (χ4v) is 9.65. The quantitative estimate of drug-likeness (QED) is 0.0351. The van der Waals surface area contributed by atoms with E-state index in [9.17, 15) is 14.4 Å². The lowest BCUT2D eigenvalue weighted by molar-refractivity contribution is -0.150. The van der Waals surface area contributed by atoms with Crippen LogP contribution < -0.4 is 0 Å². The van der Waals surface area contributed by atoms with Crippen molar-refractivity contribution in [2.45, 2.75) is 278 Å². The van der Waals surface area contributed by atoms with Crippen LogP contribution in [0, 0.1) is 11.8 Å².